The molecule has 0 aliphatic heterocycles. The number of aliphatic hydroxyl groups is 1. The van der Waals surface area contributed by atoms with Crippen molar-refractivity contribution in [2.24, 2.45) is 10.3 Å². The summed E-state index contributed by atoms with van der Waals surface area (Å²) < 4.78 is 50.6. The fourth-order valence-electron chi connectivity index (χ4n) is 1.27. The van der Waals surface area contributed by atoms with Crippen molar-refractivity contribution < 1.29 is 26.7 Å². The second-order valence-corrected chi connectivity index (χ2v) is 7.61. The summed E-state index contributed by atoms with van der Waals surface area (Å²) in [6, 6.07) is 0. The molecule has 120 valence electrons. The van der Waals surface area contributed by atoms with Crippen molar-refractivity contribution in [2.45, 2.75) is 43.7 Å². The van der Waals surface area contributed by atoms with Crippen molar-refractivity contribution in [1.82, 2.24) is 0 Å². The number of hydrogen-bond acceptors (Lipinski definition) is 6. The Morgan fingerprint density at radius 2 is 1.48 bits per heavy atom. The van der Waals surface area contributed by atoms with Gasteiger partial charge in [0.25, 0.3) is 0 Å². The molecule has 8 nitrogen and oxygen atoms in total. The lowest BCUT2D eigenvalue weighted by Crippen LogP contribution is -2.46. The Balaban J connectivity index is 5.62. The minimum atomic E-state index is -4.36. The Labute approximate surface area is 124 Å². The van der Waals surface area contributed by atoms with Gasteiger partial charge in [-0.1, -0.05) is 11.8 Å². The molecule has 0 saturated heterocycles. The summed E-state index contributed by atoms with van der Waals surface area (Å²) in [6.45, 7) is 3.97. The highest BCUT2D eigenvalue weighted by atomic mass is 32.2. The van der Waals surface area contributed by atoms with Crippen molar-refractivity contribution >= 4 is 20.0 Å². The summed E-state index contributed by atoms with van der Waals surface area (Å²) in [6.07, 6.45) is -3.14. The van der Waals surface area contributed by atoms with Gasteiger partial charge in [-0.2, -0.15) is 0 Å². The van der Waals surface area contributed by atoms with E-state index >= 15 is 0 Å². The molecular formula is C11H18N2O6S2. The number of sulfonamides is 2. The molecule has 21 heavy (non-hydrogen) atoms. The molecule has 0 spiro atoms. The summed E-state index contributed by atoms with van der Waals surface area (Å²) >= 11 is 0. The SMILES string of the molecule is CC#C[C@H](O)[C@@H](O[C@H](C#CC)[C@H](C)S(N)(=O)=O)S(N)(=O)=O. The van der Waals surface area contributed by atoms with Gasteiger partial charge in [-0.25, -0.2) is 27.1 Å². The number of aliphatic hydroxyl groups excluding tert-OH is 1. The molecule has 0 unspecified atom stereocenters. The second-order valence-electron chi connectivity index (χ2n) is 4.04. The molecule has 10 heteroatoms. The van der Waals surface area contributed by atoms with Crippen LogP contribution in [0.1, 0.15) is 20.8 Å². The summed E-state index contributed by atoms with van der Waals surface area (Å²) in [5.74, 6) is 9.25. The fourth-order valence-corrected chi connectivity index (χ4v) is 2.45. The third kappa shape index (κ3) is 6.44. The van der Waals surface area contributed by atoms with E-state index in [0.717, 1.165) is 0 Å². The van der Waals surface area contributed by atoms with E-state index in [1.54, 1.807) is 0 Å². The third-order valence-corrected chi connectivity index (χ3v) is 4.69. The van der Waals surface area contributed by atoms with Crippen LogP contribution in [0.3, 0.4) is 0 Å². The van der Waals surface area contributed by atoms with Crippen LogP contribution < -0.4 is 10.3 Å². The predicted molar refractivity (Wildman–Crippen MR) is 77.2 cm³/mol. The van der Waals surface area contributed by atoms with Gasteiger partial charge in [-0.05, 0) is 20.8 Å². The zero-order valence-corrected chi connectivity index (χ0v) is 13.4. The molecule has 0 bridgehead atoms. The van der Waals surface area contributed by atoms with Crippen LogP contribution in [0.2, 0.25) is 0 Å². The molecule has 0 aliphatic carbocycles. The van der Waals surface area contributed by atoms with Crippen LogP contribution in [0.25, 0.3) is 0 Å². The highest BCUT2D eigenvalue weighted by Crippen LogP contribution is 2.14. The molecule has 0 rings (SSSR count). The smallest absolute Gasteiger partial charge is 0.240 e. The van der Waals surface area contributed by atoms with Gasteiger partial charge >= 0.3 is 0 Å². The lowest BCUT2D eigenvalue weighted by Gasteiger charge is -2.24. The van der Waals surface area contributed by atoms with Crippen LogP contribution in [-0.2, 0) is 24.8 Å². The maximum Gasteiger partial charge on any atom is 0.240 e. The minimum Gasteiger partial charge on any atom is -0.376 e. The van der Waals surface area contributed by atoms with Crippen LogP contribution >= 0.6 is 0 Å². The Morgan fingerprint density at radius 3 is 1.81 bits per heavy atom. The van der Waals surface area contributed by atoms with Crippen molar-refractivity contribution in [3.05, 3.63) is 0 Å². The van der Waals surface area contributed by atoms with Crippen molar-refractivity contribution in [3.8, 4) is 23.7 Å². The summed E-state index contributed by atoms with van der Waals surface area (Å²) in [5, 5.41) is 18.3. The van der Waals surface area contributed by atoms with E-state index in [-0.39, 0.29) is 0 Å². The molecule has 0 aromatic rings. The molecule has 0 amide bonds. The maximum atomic E-state index is 11.5. The molecular weight excluding hydrogens is 320 g/mol. The average Bonchev–Trinajstić information content (AvgIpc) is 2.30. The molecule has 5 N–H and O–H groups in total. The lowest BCUT2D eigenvalue weighted by molar-refractivity contribution is 0.00801. The molecule has 0 aromatic heterocycles. The molecule has 0 fully saturated rings. The van der Waals surface area contributed by atoms with Gasteiger partial charge in [0.2, 0.25) is 25.5 Å². The van der Waals surface area contributed by atoms with E-state index in [4.69, 9.17) is 15.0 Å². The fraction of sp³-hybridized carbons (Fsp3) is 0.636. The van der Waals surface area contributed by atoms with E-state index in [9.17, 15) is 21.9 Å². The van der Waals surface area contributed by atoms with Gasteiger partial charge < -0.3 is 9.84 Å². The third-order valence-electron chi connectivity index (χ3n) is 2.39. The summed E-state index contributed by atoms with van der Waals surface area (Å²) in [5.41, 5.74) is -1.94. The van der Waals surface area contributed by atoms with Crippen molar-refractivity contribution in [3.63, 3.8) is 0 Å². The van der Waals surface area contributed by atoms with Crippen molar-refractivity contribution in [1.29, 1.82) is 0 Å². The maximum absolute atomic E-state index is 11.5. The van der Waals surface area contributed by atoms with Gasteiger partial charge in [0.15, 0.2) is 6.10 Å². The normalized spacial score (nSPS) is 17.4. The predicted octanol–water partition coefficient (Wildman–Crippen LogP) is -1.93. The van der Waals surface area contributed by atoms with E-state index < -0.39 is 42.9 Å². The quantitative estimate of drug-likeness (QED) is 0.480. The van der Waals surface area contributed by atoms with E-state index in [1.165, 1.54) is 20.8 Å². The van der Waals surface area contributed by atoms with Crippen LogP contribution in [0.15, 0.2) is 0 Å². The largest absolute Gasteiger partial charge is 0.376 e. The number of rotatable bonds is 6. The molecule has 0 radical (unpaired) electrons. The van der Waals surface area contributed by atoms with Gasteiger partial charge in [0, 0.05) is 0 Å². The van der Waals surface area contributed by atoms with Gasteiger partial charge in [0.1, 0.15) is 11.4 Å². The second kappa shape index (κ2) is 7.75. The van der Waals surface area contributed by atoms with E-state index in [1.807, 2.05) is 0 Å². The number of nitrogens with two attached hydrogens (primary N) is 2. The highest BCUT2D eigenvalue weighted by molar-refractivity contribution is 7.90. The molecule has 0 heterocycles. The number of ether oxygens (including phenoxy) is 1. The lowest BCUT2D eigenvalue weighted by atomic mass is 10.2. The first kappa shape index (κ1) is 19.9. The molecule has 0 aliphatic rings. The van der Waals surface area contributed by atoms with Gasteiger partial charge in [0.05, 0.1) is 0 Å². The van der Waals surface area contributed by atoms with E-state index in [0.29, 0.717) is 0 Å². The van der Waals surface area contributed by atoms with Crippen molar-refractivity contribution in [2.75, 3.05) is 0 Å². The Morgan fingerprint density at radius 1 is 1.00 bits per heavy atom. The first-order chi connectivity index (χ1) is 9.45. The zero-order valence-electron chi connectivity index (χ0n) is 11.8. The zero-order chi connectivity index (χ0) is 16.8. The molecule has 4 atom stereocenters. The molecule has 0 saturated carbocycles. The van der Waals surface area contributed by atoms with Crippen LogP contribution in [0, 0.1) is 23.7 Å². The van der Waals surface area contributed by atoms with E-state index in [2.05, 4.69) is 23.7 Å². The molecule has 0 aromatic carbocycles. The monoisotopic (exact) mass is 338 g/mol. The van der Waals surface area contributed by atoms with Gasteiger partial charge in [-0.15, -0.1) is 11.8 Å². The van der Waals surface area contributed by atoms with Gasteiger partial charge in [-0.3, -0.25) is 0 Å². The highest BCUT2D eigenvalue weighted by Gasteiger charge is 2.36. The number of hydrogen-bond donors (Lipinski definition) is 3. The minimum absolute atomic E-state index is 1.20. The first-order valence-electron chi connectivity index (χ1n) is 5.66. The summed E-state index contributed by atoms with van der Waals surface area (Å²) in [7, 11) is -8.39. The van der Waals surface area contributed by atoms with Crippen LogP contribution in [0.4, 0.5) is 0 Å². The Kier molecular flexibility index (Phi) is 7.33. The topological polar surface area (TPSA) is 150 Å². The Hall–Kier alpha value is -1.14. The van der Waals surface area contributed by atoms with Crippen LogP contribution in [-0.4, -0.2) is 44.8 Å². The number of primary sulfonamides is 2. The Bertz CT molecular complexity index is 678. The van der Waals surface area contributed by atoms with Crippen LogP contribution in [0.5, 0.6) is 0 Å². The average molecular weight is 338 g/mol. The summed E-state index contributed by atoms with van der Waals surface area (Å²) in [4.78, 5) is 0. The standard InChI is InChI=1S/C11H18N2O6S2/c1-4-6-9(14)11(21(13,17)18)19-10(7-5-2)8(3)20(12,15)16/h8-11,14H,1-3H3,(H2,12,15,16)(H2,13,17,18)/t8-,9-,10+,11-/m0/s1. The first-order valence-corrected chi connectivity index (χ1v) is 8.88.